The lowest BCUT2D eigenvalue weighted by molar-refractivity contribution is -0.135. The lowest BCUT2D eigenvalue weighted by atomic mass is 10.0. The molecule has 31 heavy (non-hydrogen) atoms. The summed E-state index contributed by atoms with van der Waals surface area (Å²) in [5.41, 5.74) is 2.25. The number of fused-ring (bicyclic) bond motifs is 1. The zero-order valence-corrected chi connectivity index (χ0v) is 18.4. The molecule has 1 atom stereocenters. The normalized spacial score (nSPS) is 15.7. The Morgan fingerprint density at radius 1 is 1.16 bits per heavy atom. The molecule has 164 valence electrons. The standard InChI is InChI=1S/C24H29N3O4/c1-16(2)18-9-5-8-12-21(18)31-15-24(30)26(4)14-23(29)27-17(3)13-22(28)25-19-10-6-7-11-20(19)27/h5-12,16-17H,13-15H2,1-4H3,(H,25,28). The van der Waals surface area contributed by atoms with Gasteiger partial charge in [0.25, 0.3) is 5.91 Å². The van der Waals surface area contributed by atoms with E-state index < -0.39 is 0 Å². The molecule has 3 amide bonds. The average molecular weight is 424 g/mol. The van der Waals surface area contributed by atoms with Crippen LogP contribution in [-0.4, -0.2) is 48.9 Å². The topological polar surface area (TPSA) is 79.0 Å². The van der Waals surface area contributed by atoms with E-state index in [2.05, 4.69) is 19.2 Å². The third kappa shape index (κ3) is 5.23. The summed E-state index contributed by atoms with van der Waals surface area (Å²) in [6.45, 7) is 5.69. The highest BCUT2D eigenvalue weighted by molar-refractivity contribution is 6.05. The molecule has 1 N–H and O–H groups in total. The monoisotopic (exact) mass is 423 g/mol. The highest BCUT2D eigenvalue weighted by Crippen LogP contribution is 2.31. The molecule has 0 saturated heterocycles. The fraction of sp³-hybridized carbons (Fsp3) is 0.375. The van der Waals surface area contributed by atoms with E-state index >= 15 is 0 Å². The lowest BCUT2D eigenvalue weighted by Gasteiger charge is -2.29. The molecule has 1 aliphatic rings. The fourth-order valence-electron chi connectivity index (χ4n) is 3.67. The van der Waals surface area contributed by atoms with E-state index in [4.69, 9.17) is 4.74 Å². The van der Waals surface area contributed by atoms with Crippen molar-refractivity contribution in [2.45, 2.75) is 39.2 Å². The quantitative estimate of drug-likeness (QED) is 0.772. The first kappa shape index (κ1) is 22.3. The number of hydrogen-bond donors (Lipinski definition) is 1. The number of likely N-dealkylation sites (N-methyl/N-ethyl adjacent to an activating group) is 1. The molecular weight excluding hydrogens is 394 g/mol. The van der Waals surface area contributed by atoms with Gasteiger partial charge in [-0.15, -0.1) is 0 Å². The summed E-state index contributed by atoms with van der Waals surface area (Å²) >= 11 is 0. The first-order valence-electron chi connectivity index (χ1n) is 10.4. The summed E-state index contributed by atoms with van der Waals surface area (Å²) in [5.74, 6) is 0.250. The molecular formula is C24H29N3O4. The Hall–Kier alpha value is -3.35. The highest BCUT2D eigenvalue weighted by Gasteiger charge is 2.30. The van der Waals surface area contributed by atoms with Gasteiger partial charge >= 0.3 is 0 Å². The second kappa shape index (κ2) is 9.64. The van der Waals surface area contributed by atoms with Crippen molar-refractivity contribution in [3.63, 3.8) is 0 Å². The molecule has 0 saturated carbocycles. The maximum Gasteiger partial charge on any atom is 0.260 e. The maximum absolute atomic E-state index is 13.1. The van der Waals surface area contributed by atoms with Crippen molar-refractivity contribution < 1.29 is 19.1 Å². The van der Waals surface area contributed by atoms with Crippen LogP contribution in [0.4, 0.5) is 11.4 Å². The predicted octanol–water partition coefficient (Wildman–Crippen LogP) is 3.41. The van der Waals surface area contributed by atoms with Gasteiger partial charge in [0.2, 0.25) is 11.8 Å². The number of nitrogens with one attached hydrogen (secondary N) is 1. The third-order valence-electron chi connectivity index (χ3n) is 5.32. The Balaban J connectivity index is 1.67. The minimum Gasteiger partial charge on any atom is -0.483 e. The molecule has 0 radical (unpaired) electrons. The Morgan fingerprint density at radius 3 is 2.58 bits per heavy atom. The van der Waals surface area contributed by atoms with Gasteiger partial charge < -0.3 is 19.9 Å². The van der Waals surface area contributed by atoms with E-state index in [1.807, 2.05) is 37.3 Å². The Labute approximate surface area is 183 Å². The van der Waals surface area contributed by atoms with Crippen molar-refractivity contribution in [1.29, 1.82) is 0 Å². The van der Waals surface area contributed by atoms with Gasteiger partial charge in [0.15, 0.2) is 6.61 Å². The number of hydrogen-bond acceptors (Lipinski definition) is 4. The Kier molecular flexibility index (Phi) is 6.95. The number of benzene rings is 2. The van der Waals surface area contributed by atoms with Gasteiger partial charge in [-0.2, -0.15) is 0 Å². The largest absolute Gasteiger partial charge is 0.483 e. The van der Waals surface area contributed by atoms with Crippen molar-refractivity contribution in [1.82, 2.24) is 4.90 Å². The molecule has 2 aromatic rings. The minimum atomic E-state index is -0.325. The van der Waals surface area contributed by atoms with Crippen molar-refractivity contribution in [2.24, 2.45) is 0 Å². The third-order valence-corrected chi connectivity index (χ3v) is 5.32. The molecule has 2 aromatic carbocycles. The zero-order valence-electron chi connectivity index (χ0n) is 18.4. The summed E-state index contributed by atoms with van der Waals surface area (Å²) in [6, 6.07) is 14.5. The van der Waals surface area contributed by atoms with Gasteiger partial charge in [-0.1, -0.05) is 44.2 Å². The molecule has 1 heterocycles. The smallest absolute Gasteiger partial charge is 0.260 e. The molecule has 1 aliphatic heterocycles. The number of carbonyl (C=O) groups excluding carboxylic acids is 3. The Morgan fingerprint density at radius 2 is 1.84 bits per heavy atom. The van der Waals surface area contributed by atoms with E-state index in [1.165, 1.54) is 4.90 Å². The van der Waals surface area contributed by atoms with Crippen LogP contribution in [-0.2, 0) is 14.4 Å². The summed E-state index contributed by atoms with van der Waals surface area (Å²) in [7, 11) is 1.58. The molecule has 3 rings (SSSR count). The summed E-state index contributed by atoms with van der Waals surface area (Å²) < 4.78 is 5.75. The van der Waals surface area contributed by atoms with E-state index in [0.29, 0.717) is 17.1 Å². The van der Waals surface area contributed by atoms with Crippen LogP contribution in [0.25, 0.3) is 0 Å². The molecule has 7 nitrogen and oxygen atoms in total. The van der Waals surface area contributed by atoms with Gasteiger partial charge in [-0.3, -0.25) is 14.4 Å². The van der Waals surface area contributed by atoms with Gasteiger partial charge in [0.05, 0.1) is 17.9 Å². The molecule has 0 fully saturated rings. The van der Waals surface area contributed by atoms with Crippen LogP contribution >= 0.6 is 0 Å². The number of anilines is 2. The van der Waals surface area contributed by atoms with Gasteiger partial charge in [-0.25, -0.2) is 0 Å². The van der Waals surface area contributed by atoms with Crippen LogP contribution in [0.3, 0.4) is 0 Å². The number of nitrogens with zero attached hydrogens (tertiary/aromatic N) is 2. The number of carbonyl (C=O) groups is 3. The second-order valence-corrected chi connectivity index (χ2v) is 8.11. The summed E-state index contributed by atoms with van der Waals surface area (Å²) in [5, 5.41) is 2.83. The molecule has 0 bridgehead atoms. The highest BCUT2D eigenvalue weighted by atomic mass is 16.5. The summed E-state index contributed by atoms with van der Waals surface area (Å²) in [4.78, 5) is 40.8. The van der Waals surface area contributed by atoms with Gasteiger partial charge in [0.1, 0.15) is 5.75 Å². The minimum absolute atomic E-state index is 0.110. The van der Waals surface area contributed by atoms with Crippen LogP contribution in [0.1, 0.15) is 38.7 Å². The maximum atomic E-state index is 13.1. The first-order chi connectivity index (χ1) is 14.8. The molecule has 1 unspecified atom stereocenters. The van der Waals surface area contributed by atoms with Crippen molar-refractivity contribution in [3.05, 3.63) is 54.1 Å². The van der Waals surface area contributed by atoms with Crippen molar-refractivity contribution >= 4 is 29.1 Å². The van der Waals surface area contributed by atoms with Crippen LogP contribution in [0.5, 0.6) is 5.75 Å². The number of rotatable bonds is 6. The number of para-hydroxylation sites is 3. The summed E-state index contributed by atoms with van der Waals surface area (Å²) in [6.07, 6.45) is 0.188. The SMILES string of the molecule is CC(C)c1ccccc1OCC(=O)N(C)CC(=O)N1c2ccccc2NC(=O)CC1C. The lowest BCUT2D eigenvalue weighted by Crippen LogP contribution is -2.46. The van der Waals surface area contributed by atoms with Crippen LogP contribution < -0.4 is 15.0 Å². The van der Waals surface area contributed by atoms with E-state index in [9.17, 15) is 14.4 Å². The zero-order chi connectivity index (χ0) is 22.5. The van der Waals surface area contributed by atoms with Gasteiger partial charge in [0, 0.05) is 19.5 Å². The molecule has 0 aromatic heterocycles. The van der Waals surface area contributed by atoms with E-state index in [1.54, 1.807) is 30.1 Å². The molecule has 0 spiro atoms. The van der Waals surface area contributed by atoms with Crippen molar-refractivity contribution in [3.8, 4) is 5.75 Å². The van der Waals surface area contributed by atoms with E-state index in [-0.39, 0.29) is 49.3 Å². The first-order valence-corrected chi connectivity index (χ1v) is 10.4. The predicted molar refractivity (Wildman–Crippen MR) is 120 cm³/mol. The van der Waals surface area contributed by atoms with E-state index in [0.717, 1.165) is 5.56 Å². The van der Waals surface area contributed by atoms with Crippen LogP contribution in [0.15, 0.2) is 48.5 Å². The number of amides is 3. The van der Waals surface area contributed by atoms with Crippen molar-refractivity contribution in [2.75, 3.05) is 30.4 Å². The average Bonchev–Trinajstić information content (AvgIpc) is 2.85. The van der Waals surface area contributed by atoms with Gasteiger partial charge in [-0.05, 0) is 36.6 Å². The van der Waals surface area contributed by atoms with Crippen LogP contribution in [0, 0.1) is 0 Å². The molecule has 0 aliphatic carbocycles. The van der Waals surface area contributed by atoms with Crippen LogP contribution in [0.2, 0.25) is 0 Å². The number of ether oxygens (including phenoxy) is 1. The Bertz CT molecular complexity index is 973. The second-order valence-electron chi connectivity index (χ2n) is 8.11. The molecule has 7 heteroatoms. The fourth-order valence-corrected chi connectivity index (χ4v) is 3.67.